The van der Waals surface area contributed by atoms with Crippen molar-refractivity contribution in [3.05, 3.63) is 35.6 Å². The van der Waals surface area contributed by atoms with Gasteiger partial charge in [0.1, 0.15) is 11.6 Å². The maximum absolute atomic E-state index is 12.6. The van der Waals surface area contributed by atoms with Crippen molar-refractivity contribution in [1.29, 1.82) is 0 Å². The molecule has 0 aliphatic rings. The number of rotatable bonds is 4. The molecular weight excluding hydrogens is 226 g/mol. The van der Waals surface area contributed by atoms with Gasteiger partial charge in [-0.1, -0.05) is 12.1 Å². The number of benzene rings is 1. The molecule has 1 rings (SSSR count). The first-order chi connectivity index (χ1) is 6.92. The lowest BCUT2D eigenvalue weighted by Gasteiger charge is -2.12. The molecule has 1 atom stereocenters. The number of hydrogen-bond donors (Lipinski definition) is 0. The standard InChI is InChI=1S/C9H10F2O3S/c1-14-9(6-15(11,12)13)7-2-4-8(10)5-3-7/h2-5,9H,6H2,1H3. The molecule has 3 nitrogen and oxygen atoms in total. The van der Waals surface area contributed by atoms with Crippen LogP contribution in [0.25, 0.3) is 0 Å². The van der Waals surface area contributed by atoms with Crippen molar-refractivity contribution >= 4 is 10.2 Å². The summed E-state index contributed by atoms with van der Waals surface area (Å²) >= 11 is 0. The molecule has 0 amide bonds. The fourth-order valence-electron chi connectivity index (χ4n) is 1.16. The quantitative estimate of drug-likeness (QED) is 0.749. The zero-order valence-corrected chi connectivity index (χ0v) is 8.80. The van der Waals surface area contributed by atoms with Crippen LogP contribution in [-0.4, -0.2) is 21.3 Å². The fourth-order valence-corrected chi connectivity index (χ4v) is 1.85. The molecule has 0 aliphatic carbocycles. The Morgan fingerprint density at radius 2 is 1.87 bits per heavy atom. The molecule has 1 aromatic rings. The minimum Gasteiger partial charge on any atom is -0.376 e. The average molecular weight is 236 g/mol. The van der Waals surface area contributed by atoms with E-state index in [0.717, 1.165) is 12.1 Å². The lowest BCUT2D eigenvalue weighted by atomic mass is 10.1. The van der Waals surface area contributed by atoms with Gasteiger partial charge in [0, 0.05) is 7.11 Å². The maximum Gasteiger partial charge on any atom is 0.305 e. The van der Waals surface area contributed by atoms with E-state index in [1.54, 1.807) is 0 Å². The number of ether oxygens (including phenoxy) is 1. The van der Waals surface area contributed by atoms with Crippen molar-refractivity contribution in [2.45, 2.75) is 6.10 Å². The second-order valence-corrected chi connectivity index (χ2v) is 4.39. The molecular formula is C9H10F2O3S. The summed E-state index contributed by atoms with van der Waals surface area (Å²) in [6.45, 7) is 0. The van der Waals surface area contributed by atoms with Crippen molar-refractivity contribution in [1.82, 2.24) is 0 Å². The molecule has 0 aromatic heterocycles. The van der Waals surface area contributed by atoms with Crippen LogP contribution >= 0.6 is 0 Å². The van der Waals surface area contributed by atoms with E-state index < -0.39 is 27.9 Å². The summed E-state index contributed by atoms with van der Waals surface area (Å²) in [6.07, 6.45) is -0.916. The Morgan fingerprint density at radius 3 is 2.27 bits per heavy atom. The highest BCUT2D eigenvalue weighted by Crippen LogP contribution is 2.19. The van der Waals surface area contributed by atoms with Crippen LogP contribution in [0.2, 0.25) is 0 Å². The van der Waals surface area contributed by atoms with E-state index in [-0.39, 0.29) is 0 Å². The normalized spacial score (nSPS) is 13.8. The van der Waals surface area contributed by atoms with Crippen molar-refractivity contribution in [3.8, 4) is 0 Å². The van der Waals surface area contributed by atoms with Crippen molar-refractivity contribution < 1.29 is 21.4 Å². The van der Waals surface area contributed by atoms with E-state index >= 15 is 0 Å². The molecule has 0 radical (unpaired) electrons. The van der Waals surface area contributed by atoms with Gasteiger partial charge in [0.25, 0.3) is 0 Å². The van der Waals surface area contributed by atoms with E-state index in [2.05, 4.69) is 0 Å². The predicted molar refractivity (Wildman–Crippen MR) is 51.0 cm³/mol. The number of methoxy groups -OCH3 is 1. The van der Waals surface area contributed by atoms with Gasteiger partial charge < -0.3 is 4.74 Å². The van der Waals surface area contributed by atoms with E-state index in [4.69, 9.17) is 4.74 Å². The highest BCUT2D eigenvalue weighted by Gasteiger charge is 2.19. The first-order valence-electron chi connectivity index (χ1n) is 4.13. The summed E-state index contributed by atoms with van der Waals surface area (Å²) < 4.78 is 50.6. The van der Waals surface area contributed by atoms with E-state index in [1.807, 2.05) is 0 Å². The lowest BCUT2D eigenvalue weighted by Crippen LogP contribution is -2.12. The van der Waals surface area contributed by atoms with Gasteiger partial charge in [-0.05, 0) is 17.7 Å². The first-order valence-corrected chi connectivity index (χ1v) is 5.68. The zero-order chi connectivity index (χ0) is 11.5. The second-order valence-electron chi connectivity index (χ2n) is 2.98. The van der Waals surface area contributed by atoms with Crippen LogP contribution in [0.5, 0.6) is 0 Å². The molecule has 0 fully saturated rings. The minimum absolute atomic E-state index is 0.417. The molecule has 1 unspecified atom stereocenters. The van der Waals surface area contributed by atoms with Crippen LogP contribution in [0.1, 0.15) is 11.7 Å². The minimum atomic E-state index is -4.61. The Balaban J connectivity index is 2.88. The third-order valence-corrected chi connectivity index (χ3v) is 2.58. The van der Waals surface area contributed by atoms with Crippen LogP contribution in [-0.2, 0) is 15.0 Å². The molecule has 0 saturated carbocycles. The van der Waals surface area contributed by atoms with Gasteiger partial charge in [-0.2, -0.15) is 8.42 Å². The molecule has 0 aliphatic heterocycles. The largest absolute Gasteiger partial charge is 0.376 e. The van der Waals surface area contributed by atoms with E-state index in [0.29, 0.717) is 5.56 Å². The van der Waals surface area contributed by atoms with Crippen LogP contribution in [0.3, 0.4) is 0 Å². The predicted octanol–water partition coefficient (Wildman–Crippen LogP) is 1.81. The summed E-state index contributed by atoms with van der Waals surface area (Å²) in [7, 11) is -3.35. The van der Waals surface area contributed by atoms with Gasteiger partial charge in [0.15, 0.2) is 0 Å². The van der Waals surface area contributed by atoms with Crippen LogP contribution in [0.4, 0.5) is 8.28 Å². The summed E-state index contributed by atoms with van der Waals surface area (Å²) in [5, 5.41) is 0. The van der Waals surface area contributed by atoms with Crippen LogP contribution in [0, 0.1) is 5.82 Å². The Hall–Kier alpha value is -1.01. The summed E-state index contributed by atoms with van der Waals surface area (Å²) in [6, 6.07) is 5.03. The van der Waals surface area contributed by atoms with Crippen molar-refractivity contribution in [2.75, 3.05) is 12.9 Å². The van der Waals surface area contributed by atoms with Gasteiger partial charge in [-0.25, -0.2) is 4.39 Å². The van der Waals surface area contributed by atoms with Gasteiger partial charge >= 0.3 is 10.2 Å². The highest BCUT2D eigenvalue weighted by molar-refractivity contribution is 7.86. The molecule has 15 heavy (non-hydrogen) atoms. The van der Waals surface area contributed by atoms with Crippen LogP contribution in [0.15, 0.2) is 24.3 Å². The lowest BCUT2D eigenvalue weighted by molar-refractivity contribution is 0.121. The monoisotopic (exact) mass is 236 g/mol. The average Bonchev–Trinajstić information content (AvgIpc) is 2.14. The Morgan fingerprint density at radius 1 is 1.33 bits per heavy atom. The third-order valence-electron chi connectivity index (χ3n) is 1.88. The molecule has 0 bridgehead atoms. The Bertz CT molecular complexity index is 413. The zero-order valence-electron chi connectivity index (χ0n) is 7.98. The molecule has 0 heterocycles. The van der Waals surface area contributed by atoms with E-state index in [1.165, 1.54) is 19.2 Å². The third kappa shape index (κ3) is 3.93. The van der Waals surface area contributed by atoms with Gasteiger partial charge in [-0.3, -0.25) is 0 Å². The number of hydrogen-bond acceptors (Lipinski definition) is 3. The molecule has 1 aromatic carbocycles. The molecule has 0 N–H and O–H groups in total. The summed E-state index contributed by atoms with van der Waals surface area (Å²) in [5.74, 6) is -1.22. The molecule has 6 heteroatoms. The summed E-state index contributed by atoms with van der Waals surface area (Å²) in [4.78, 5) is 0. The summed E-state index contributed by atoms with van der Waals surface area (Å²) in [5.41, 5.74) is 0.417. The van der Waals surface area contributed by atoms with Crippen molar-refractivity contribution in [3.63, 3.8) is 0 Å². The molecule has 0 saturated heterocycles. The molecule has 84 valence electrons. The van der Waals surface area contributed by atoms with Crippen LogP contribution < -0.4 is 0 Å². The highest BCUT2D eigenvalue weighted by atomic mass is 32.3. The van der Waals surface area contributed by atoms with Gasteiger partial charge in [0.2, 0.25) is 0 Å². The fraction of sp³-hybridized carbons (Fsp3) is 0.333. The Labute approximate surface area is 86.9 Å². The van der Waals surface area contributed by atoms with Crippen molar-refractivity contribution in [2.24, 2.45) is 0 Å². The maximum atomic E-state index is 12.6. The van der Waals surface area contributed by atoms with Gasteiger partial charge in [-0.15, -0.1) is 3.89 Å². The Kier molecular flexibility index (Phi) is 3.76. The topological polar surface area (TPSA) is 43.4 Å². The van der Waals surface area contributed by atoms with Gasteiger partial charge in [0.05, 0.1) is 6.10 Å². The smallest absolute Gasteiger partial charge is 0.305 e. The molecule has 0 spiro atoms. The second kappa shape index (κ2) is 4.67. The first kappa shape index (κ1) is 12.1. The SMILES string of the molecule is COC(CS(=O)(=O)F)c1ccc(F)cc1. The van der Waals surface area contributed by atoms with E-state index in [9.17, 15) is 16.7 Å². The number of halogens is 2.